The standard InChI is InChI=1S/C20H24N2O2.H2O4S/c1-3-13-12-22-9-7-14(13)10-19(22)20(23)16-6-8-21-18-5-4-15(24-2)11-17(16)18;1-5(2,3)4/h3-6,8,11,14,19-20,23H,7,9-10,12H2,1-2H3;(H2,1,2,3,4)/b13-3+;/t14-,19+,20-;/m1./s1. The van der Waals surface area contributed by atoms with Crippen LogP contribution in [0.4, 0.5) is 0 Å². The van der Waals surface area contributed by atoms with Crippen LogP contribution in [0.5, 0.6) is 5.75 Å². The van der Waals surface area contributed by atoms with E-state index in [1.54, 1.807) is 13.3 Å². The summed E-state index contributed by atoms with van der Waals surface area (Å²) in [6, 6.07) is 7.98. The van der Waals surface area contributed by atoms with Crippen LogP contribution < -0.4 is 4.74 Å². The second kappa shape index (κ2) is 8.76. The molecule has 3 aliphatic rings. The lowest BCUT2D eigenvalue weighted by Gasteiger charge is -2.48. The summed E-state index contributed by atoms with van der Waals surface area (Å²) in [5.74, 6) is 1.42. The van der Waals surface area contributed by atoms with E-state index in [0.717, 1.165) is 41.7 Å². The summed E-state index contributed by atoms with van der Waals surface area (Å²) >= 11 is 0. The van der Waals surface area contributed by atoms with Crippen LogP contribution in [0.25, 0.3) is 10.9 Å². The Morgan fingerprint density at radius 1 is 1.31 bits per heavy atom. The van der Waals surface area contributed by atoms with Crippen molar-refractivity contribution >= 4 is 21.3 Å². The van der Waals surface area contributed by atoms with Crippen molar-refractivity contribution in [2.75, 3.05) is 20.2 Å². The number of allylic oxidation sites excluding steroid dienone is 1. The van der Waals surface area contributed by atoms with Crippen molar-refractivity contribution in [3.63, 3.8) is 0 Å². The van der Waals surface area contributed by atoms with E-state index in [4.69, 9.17) is 22.3 Å². The molecule has 4 atom stereocenters. The van der Waals surface area contributed by atoms with Crippen molar-refractivity contribution in [2.24, 2.45) is 5.92 Å². The number of hydrogen-bond donors (Lipinski definition) is 3. The van der Waals surface area contributed by atoms with Crippen molar-refractivity contribution in [3.8, 4) is 5.75 Å². The zero-order chi connectivity index (χ0) is 21.2. The Kier molecular flexibility index (Phi) is 6.55. The molecule has 9 heteroatoms. The molecule has 3 aliphatic heterocycles. The van der Waals surface area contributed by atoms with E-state index in [1.165, 1.54) is 12.0 Å². The number of fused-ring (bicyclic) bond motifs is 4. The molecule has 0 spiro atoms. The number of aromatic nitrogens is 1. The van der Waals surface area contributed by atoms with Gasteiger partial charge in [0.05, 0.1) is 18.7 Å². The summed E-state index contributed by atoms with van der Waals surface area (Å²) in [6.45, 7) is 4.20. The summed E-state index contributed by atoms with van der Waals surface area (Å²) < 4.78 is 36.9. The highest BCUT2D eigenvalue weighted by atomic mass is 32.3. The van der Waals surface area contributed by atoms with Gasteiger partial charge in [-0.2, -0.15) is 8.42 Å². The van der Waals surface area contributed by atoms with Gasteiger partial charge in [-0.25, -0.2) is 0 Å². The Labute approximate surface area is 170 Å². The second-order valence-corrected chi connectivity index (χ2v) is 8.19. The first-order valence-corrected chi connectivity index (χ1v) is 10.8. The number of nitrogens with zero attached hydrogens (tertiary/aromatic N) is 2. The van der Waals surface area contributed by atoms with E-state index in [-0.39, 0.29) is 6.04 Å². The van der Waals surface area contributed by atoms with Gasteiger partial charge in [-0.05, 0) is 62.1 Å². The molecule has 29 heavy (non-hydrogen) atoms. The molecule has 0 aliphatic carbocycles. The molecule has 2 aromatic rings. The molecule has 0 saturated carbocycles. The van der Waals surface area contributed by atoms with Gasteiger partial charge in [0, 0.05) is 24.2 Å². The van der Waals surface area contributed by atoms with Crippen LogP contribution in [-0.4, -0.2) is 58.8 Å². The first kappa shape index (κ1) is 21.7. The lowest BCUT2D eigenvalue weighted by atomic mass is 9.76. The van der Waals surface area contributed by atoms with Gasteiger partial charge in [0.15, 0.2) is 0 Å². The molecule has 2 bridgehead atoms. The summed E-state index contributed by atoms with van der Waals surface area (Å²) in [6.07, 6.45) is 5.80. The monoisotopic (exact) mass is 422 g/mol. The lowest BCUT2D eigenvalue weighted by Crippen LogP contribution is -2.52. The fraction of sp³-hybridized carbons (Fsp3) is 0.450. The molecular formula is C20H26N2O6S. The number of pyridine rings is 1. The summed E-state index contributed by atoms with van der Waals surface area (Å²) in [5.41, 5.74) is 3.39. The average molecular weight is 423 g/mol. The smallest absolute Gasteiger partial charge is 0.394 e. The number of methoxy groups -OCH3 is 1. The van der Waals surface area contributed by atoms with Gasteiger partial charge in [-0.3, -0.25) is 19.0 Å². The number of aliphatic hydroxyl groups is 1. The minimum Gasteiger partial charge on any atom is -0.497 e. The summed E-state index contributed by atoms with van der Waals surface area (Å²) in [4.78, 5) is 6.87. The maximum Gasteiger partial charge on any atom is 0.394 e. The topological polar surface area (TPSA) is 120 Å². The Morgan fingerprint density at radius 3 is 2.62 bits per heavy atom. The molecule has 5 rings (SSSR count). The van der Waals surface area contributed by atoms with E-state index in [9.17, 15) is 5.11 Å². The Balaban J connectivity index is 0.000000431. The normalized spacial score (nSPS) is 26.1. The first-order chi connectivity index (χ1) is 13.7. The molecule has 158 valence electrons. The van der Waals surface area contributed by atoms with Crippen molar-refractivity contribution < 1.29 is 27.4 Å². The number of ether oxygens (including phenoxy) is 1. The van der Waals surface area contributed by atoms with E-state index in [1.807, 2.05) is 24.3 Å². The highest BCUT2D eigenvalue weighted by Gasteiger charge is 2.40. The molecule has 1 aromatic heterocycles. The van der Waals surface area contributed by atoms with E-state index < -0.39 is 16.5 Å². The molecule has 3 N–H and O–H groups in total. The molecular weight excluding hydrogens is 396 g/mol. The average Bonchev–Trinajstić information content (AvgIpc) is 2.71. The van der Waals surface area contributed by atoms with E-state index in [2.05, 4.69) is 22.9 Å². The minimum absolute atomic E-state index is 0.184. The Morgan fingerprint density at radius 2 is 2.03 bits per heavy atom. The molecule has 8 nitrogen and oxygen atoms in total. The Bertz CT molecular complexity index is 999. The predicted octanol–water partition coefficient (Wildman–Crippen LogP) is 2.66. The summed E-state index contributed by atoms with van der Waals surface area (Å²) in [7, 11) is -3.00. The van der Waals surface area contributed by atoms with Crippen LogP contribution in [0, 0.1) is 5.92 Å². The largest absolute Gasteiger partial charge is 0.497 e. The zero-order valence-electron chi connectivity index (χ0n) is 16.4. The molecule has 1 unspecified atom stereocenters. The number of hydrogen-bond acceptors (Lipinski definition) is 6. The molecule has 0 radical (unpaired) electrons. The number of aliphatic hydroxyl groups excluding tert-OH is 1. The van der Waals surface area contributed by atoms with Crippen LogP contribution in [0.1, 0.15) is 31.4 Å². The fourth-order valence-electron chi connectivity index (χ4n) is 4.34. The van der Waals surface area contributed by atoms with E-state index in [0.29, 0.717) is 5.92 Å². The van der Waals surface area contributed by atoms with Crippen LogP contribution in [0.15, 0.2) is 42.1 Å². The number of rotatable bonds is 3. The SMILES string of the molecule is C/C=C1\CN2CC[C@@H]1C[C@H]2[C@H](O)c1ccnc2ccc(OC)cc12.O=S(=O)(O)O. The van der Waals surface area contributed by atoms with Crippen LogP contribution in [0.3, 0.4) is 0 Å². The maximum absolute atomic E-state index is 11.2. The molecule has 3 saturated heterocycles. The van der Waals surface area contributed by atoms with Gasteiger partial charge in [0.25, 0.3) is 0 Å². The fourth-order valence-corrected chi connectivity index (χ4v) is 4.34. The minimum atomic E-state index is -4.67. The predicted molar refractivity (Wildman–Crippen MR) is 109 cm³/mol. The number of benzene rings is 1. The van der Waals surface area contributed by atoms with Crippen LogP contribution >= 0.6 is 0 Å². The van der Waals surface area contributed by atoms with Crippen molar-refractivity contribution in [3.05, 3.63) is 47.7 Å². The lowest BCUT2D eigenvalue weighted by molar-refractivity contribution is -0.00340. The van der Waals surface area contributed by atoms with Gasteiger partial charge in [-0.1, -0.05) is 11.6 Å². The van der Waals surface area contributed by atoms with E-state index >= 15 is 0 Å². The third kappa shape index (κ3) is 5.12. The molecule has 1 aromatic carbocycles. The zero-order valence-corrected chi connectivity index (χ0v) is 17.2. The van der Waals surface area contributed by atoms with Crippen LogP contribution in [0.2, 0.25) is 0 Å². The van der Waals surface area contributed by atoms with Crippen LogP contribution in [-0.2, 0) is 10.4 Å². The highest BCUT2D eigenvalue weighted by Crippen LogP contribution is 2.41. The van der Waals surface area contributed by atoms with Crippen molar-refractivity contribution in [1.82, 2.24) is 9.88 Å². The number of piperidine rings is 3. The van der Waals surface area contributed by atoms with Gasteiger partial charge in [-0.15, -0.1) is 0 Å². The second-order valence-electron chi connectivity index (χ2n) is 7.30. The van der Waals surface area contributed by atoms with Gasteiger partial charge < -0.3 is 9.84 Å². The van der Waals surface area contributed by atoms with Crippen molar-refractivity contribution in [2.45, 2.75) is 31.9 Å². The highest BCUT2D eigenvalue weighted by molar-refractivity contribution is 7.79. The molecule has 4 heterocycles. The first-order valence-electron chi connectivity index (χ1n) is 9.41. The maximum atomic E-state index is 11.2. The Hall–Kier alpha value is -2.04. The summed E-state index contributed by atoms with van der Waals surface area (Å²) in [5, 5.41) is 12.1. The van der Waals surface area contributed by atoms with Gasteiger partial charge >= 0.3 is 10.4 Å². The quantitative estimate of drug-likeness (QED) is 0.510. The van der Waals surface area contributed by atoms with Gasteiger partial charge in [0.2, 0.25) is 0 Å². The third-order valence-electron chi connectivity index (χ3n) is 5.71. The molecule has 0 amide bonds. The van der Waals surface area contributed by atoms with Crippen molar-refractivity contribution in [1.29, 1.82) is 0 Å². The molecule has 3 fully saturated rings. The third-order valence-corrected chi connectivity index (χ3v) is 5.71. The van der Waals surface area contributed by atoms with Gasteiger partial charge in [0.1, 0.15) is 5.75 Å².